The number of hydrogen-bond donors (Lipinski definition) is 0. The first-order valence-electron chi connectivity index (χ1n) is 9.02. The quantitative estimate of drug-likeness (QED) is 0.600. The number of benzene rings is 2. The maximum absolute atomic E-state index is 13.3. The molecule has 1 heterocycles. The molecule has 0 atom stereocenters. The first-order valence-corrected chi connectivity index (χ1v) is 9.02. The third-order valence-electron chi connectivity index (χ3n) is 4.63. The average molecular weight is 384 g/mol. The molecule has 0 unspecified atom stereocenters. The Balaban J connectivity index is 2.36. The molecule has 28 heavy (non-hydrogen) atoms. The number of hydrogen-bond acceptors (Lipinski definition) is 6. The largest absolute Gasteiger partial charge is 0.496 e. The highest BCUT2D eigenvalue weighted by molar-refractivity contribution is 5.87. The zero-order valence-corrected chi connectivity index (χ0v) is 16.8. The van der Waals surface area contributed by atoms with Crippen LogP contribution in [-0.4, -0.2) is 28.4 Å². The van der Waals surface area contributed by atoms with Crippen molar-refractivity contribution in [2.45, 2.75) is 19.8 Å². The van der Waals surface area contributed by atoms with Gasteiger partial charge in [-0.2, -0.15) is 0 Å². The molecule has 0 aliphatic carbocycles. The van der Waals surface area contributed by atoms with E-state index in [9.17, 15) is 4.79 Å². The normalized spacial score (nSPS) is 10.8. The van der Waals surface area contributed by atoms with Gasteiger partial charge in [0, 0.05) is 23.3 Å². The summed E-state index contributed by atoms with van der Waals surface area (Å²) in [6.45, 7) is 2.02. The van der Waals surface area contributed by atoms with Crippen LogP contribution in [0, 0.1) is 0 Å². The molecular weight excluding hydrogens is 360 g/mol. The summed E-state index contributed by atoms with van der Waals surface area (Å²) >= 11 is 0. The Morgan fingerprint density at radius 3 is 2.18 bits per heavy atom. The van der Waals surface area contributed by atoms with Gasteiger partial charge in [0.15, 0.2) is 16.9 Å². The molecule has 0 saturated heterocycles. The van der Waals surface area contributed by atoms with Crippen molar-refractivity contribution in [2.75, 3.05) is 28.4 Å². The zero-order valence-electron chi connectivity index (χ0n) is 16.8. The van der Waals surface area contributed by atoms with E-state index in [2.05, 4.69) is 0 Å². The van der Waals surface area contributed by atoms with E-state index in [1.165, 1.54) is 7.11 Å². The minimum atomic E-state index is -0.104. The molecule has 0 aliphatic heterocycles. The molecule has 3 rings (SSSR count). The summed E-state index contributed by atoms with van der Waals surface area (Å²) in [5.74, 6) is 2.66. The molecular formula is C22H24O6. The zero-order chi connectivity index (χ0) is 20.3. The number of rotatable bonds is 7. The van der Waals surface area contributed by atoms with Crippen LogP contribution in [0.4, 0.5) is 0 Å². The van der Waals surface area contributed by atoms with Crippen LogP contribution in [0.2, 0.25) is 0 Å². The van der Waals surface area contributed by atoms with Gasteiger partial charge in [0.25, 0.3) is 0 Å². The van der Waals surface area contributed by atoms with E-state index in [4.69, 9.17) is 23.4 Å². The Kier molecular flexibility index (Phi) is 5.78. The van der Waals surface area contributed by atoms with Crippen molar-refractivity contribution < 1.29 is 23.4 Å². The average Bonchev–Trinajstić information content (AvgIpc) is 2.74. The number of fused-ring (bicyclic) bond motifs is 1. The summed E-state index contributed by atoms with van der Waals surface area (Å²) in [6.07, 6.45) is 1.38. The second-order valence-electron chi connectivity index (χ2n) is 6.26. The highest BCUT2D eigenvalue weighted by Gasteiger charge is 2.20. The second kappa shape index (κ2) is 8.25. The summed E-state index contributed by atoms with van der Waals surface area (Å²) in [6, 6.07) is 8.83. The van der Waals surface area contributed by atoms with Gasteiger partial charge in [0.05, 0.1) is 28.4 Å². The first-order chi connectivity index (χ1) is 13.6. The Hall–Kier alpha value is -3.15. The molecule has 0 bridgehead atoms. The SMILES string of the molecule is CCCc1c(-c2ccc(OC)c(OC)c2)oc2cc(OC)cc(OC)c2c1=O. The molecule has 0 saturated carbocycles. The van der Waals surface area contributed by atoms with Crippen molar-refractivity contribution in [3.05, 3.63) is 46.1 Å². The second-order valence-corrected chi connectivity index (χ2v) is 6.26. The van der Waals surface area contributed by atoms with Gasteiger partial charge in [0.1, 0.15) is 28.2 Å². The summed E-state index contributed by atoms with van der Waals surface area (Å²) in [7, 11) is 6.23. The predicted molar refractivity (Wildman–Crippen MR) is 108 cm³/mol. The Morgan fingerprint density at radius 2 is 1.57 bits per heavy atom. The van der Waals surface area contributed by atoms with Crippen LogP contribution in [0.15, 0.2) is 39.5 Å². The summed E-state index contributed by atoms with van der Waals surface area (Å²) in [5, 5.41) is 0.413. The molecule has 2 aromatic carbocycles. The molecule has 0 radical (unpaired) electrons. The molecule has 6 heteroatoms. The van der Waals surface area contributed by atoms with Crippen LogP contribution in [0.5, 0.6) is 23.0 Å². The van der Waals surface area contributed by atoms with E-state index < -0.39 is 0 Å². The van der Waals surface area contributed by atoms with Crippen molar-refractivity contribution >= 4 is 11.0 Å². The van der Waals surface area contributed by atoms with Crippen molar-refractivity contribution in [1.82, 2.24) is 0 Å². The van der Waals surface area contributed by atoms with E-state index in [1.54, 1.807) is 45.6 Å². The van der Waals surface area contributed by atoms with Crippen molar-refractivity contribution in [3.8, 4) is 34.3 Å². The third kappa shape index (κ3) is 3.38. The highest BCUT2D eigenvalue weighted by Crippen LogP contribution is 2.37. The molecule has 1 aromatic heterocycles. The molecule has 0 aliphatic rings. The van der Waals surface area contributed by atoms with Crippen LogP contribution in [0.3, 0.4) is 0 Å². The third-order valence-corrected chi connectivity index (χ3v) is 4.63. The van der Waals surface area contributed by atoms with E-state index >= 15 is 0 Å². The predicted octanol–water partition coefficient (Wildman–Crippen LogP) is 4.45. The molecule has 3 aromatic rings. The van der Waals surface area contributed by atoms with Crippen LogP contribution >= 0.6 is 0 Å². The lowest BCUT2D eigenvalue weighted by Crippen LogP contribution is -2.12. The van der Waals surface area contributed by atoms with Crippen LogP contribution in [-0.2, 0) is 6.42 Å². The fraction of sp³-hybridized carbons (Fsp3) is 0.318. The molecule has 6 nitrogen and oxygen atoms in total. The van der Waals surface area contributed by atoms with Gasteiger partial charge < -0.3 is 23.4 Å². The molecule has 0 fully saturated rings. The minimum Gasteiger partial charge on any atom is -0.496 e. The maximum atomic E-state index is 13.3. The van der Waals surface area contributed by atoms with Gasteiger partial charge in [-0.3, -0.25) is 4.79 Å². The Morgan fingerprint density at radius 1 is 0.857 bits per heavy atom. The van der Waals surface area contributed by atoms with Crippen molar-refractivity contribution in [2.24, 2.45) is 0 Å². The molecule has 0 spiro atoms. The Labute approximate surface area is 163 Å². The van der Waals surface area contributed by atoms with Gasteiger partial charge in [-0.25, -0.2) is 0 Å². The summed E-state index contributed by atoms with van der Waals surface area (Å²) < 4.78 is 27.7. The monoisotopic (exact) mass is 384 g/mol. The molecule has 148 valence electrons. The fourth-order valence-electron chi connectivity index (χ4n) is 3.26. The number of methoxy groups -OCH3 is 4. The van der Waals surface area contributed by atoms with E-state index in [0.29, 0.717) is 51.7 Å². The van der Waals surface area contributed by atoms with Gasteiger partial charge in [-0.1, -0.05) is 13.3 Å². The summed E-state index contributed by atoms with van der Waals surface area (Å²) in [5.41, 5.74) is 1.64. The first kappa shape index (κ1) is 19.6. The van der Waals surface area contributed by atoms with Crippen LogP contribution in [0.25, 0.3) is 22.3 Å². The number of ether oxygens (including phenoxy) is 4. The fourth-order valence-corrected chi connectivity index (χ4v) is 3.26. The van der Waals surface area contributed by atoms with Crippen molar-refractivity contribution in [3.63, 3.8) is 0 Å². The summed E-state index contributed by atoms with van der Waals surface area (Å²) in [4.78, 5) is 13.3. The van der Waals surface area contributed by atoms with Gasteiger partial charge in [-0.05, 0) is 24.6 Å². The van der Waals surface area contributed by atoms with Crippen LogP contribution < -0.4 is 24.4 Å². The highest BCUT2D eigenvalue weighted by atomic mass is 16.5. The van der Waals surface area contributed by atoms with Gasteiger partial charge in [0.2, 0.25) is 0 Å². The maximum Gasteiger partial charge on any atom is 0.200 e. The minimum absolute atomic E-state index is 0.104. The molecule has 0 N–H and O–H groups in total. The van der Waals surface area contributed by atoms with Gasteiger partial charge >= 0.3 is 0 Å². The Bertz CT molecular complexity index is 1050. The lowest BCUT2D eigenvalue weighted by Gasteiger charge is -2.14. The standard InChI is InChI=1S/C22H24O6/c1-6-7-15-21(23)20-18(27-5)11-14(24-2)12-19(20)28-22(15)13-8-9-16(25-3)17(10-13)26-4/h8-12H,6-7H2,1-5H3. The lowest BCUT2D eigenvalue weighted by atomic mass is 10.0. The topological polar surface area (TPSA) is 67.1 Å². The molecule has 0 amide bonds. The lowest BCUT2D eigenvalue weighted by molar-refractivity contribution is 0.355. The van der Waals surface area contributed by atoms with E-state index in [1.807, 2.05) is 13.0 Å². The van der Waals surface area contributed by atoms with Gasteiger partial charge in [-0.15, -0.1) is 0 Å². The van der Waals surface area contributed by atoms with Crippen LogP contribution in [0.1, 0.15) is 18.9 Å². The van der Waals surface area contributed by atoms with Crippen molar-refractivity contribution in [1.29, 1.82) is 0 Å². The van der Waals surface area contributed by atoms with E-state index in [0.717, 1.165) is 12.0 Å². The van der Waals surface area contributed by atoms with E-state index in [-0.39, 0.29) is 5.43 Å². The smallest absolute Gasteiger partial charge is 0.200 e.